The fraction of sp³-hybridized carbons (Fsp3) is 1.00. The number of hydrogen-bond acceptors (Lipinski definition) is 2. The first kappa shape index (κ1) is 8.02. The summed E-state index contributed by atoms with van der Waals surface area (Å²) in [6, 6.07) is 0. The van der Waals surface area contributed by atoms with E-state index in [2.05, 4.69) is 33.1 Å². The summed E-state index contributed by atoms with van der Waals surface area (Å²) in [6.07, 6.45) is 0. The van der Waals surface area contributed by atoms with E-state index >= 15 is 0 Å². The molecule has 2 heteroatoms. The molecule has 1 aliphatic carbocycles. The van der Waals surface area contributed by atoms with Crippen LogP contribution < -0.4 is 11.3 Å². The van der Waals surface area contributed by atoms with Gasteiger partial charge in [0.05, 0.1) is 0 Å². The quantitative estimate of drug-likeness (QED) is 0.448. The SMILES string of the molecule is CC1(C)C(CNN)C1(C)C. The van der Waals surface area contributed by atoms with E-state index < -0.39 is 0 Å². The highest BCUT2D eigenvalue weighted by Gasteiger charge is 2.63. The van der Waals surface area contributed by atoms with E-state index in [0.717, 1.165) is 12.5 Å². The van der Waals surface area contributed by atoms with Crippen molar-refractivity contribution in [3.8, 4) is 0 Å². The summed E-state index contributed by atoms with van der Waals surface area (Å²) in [4.78, 5) is 0. The Bertz CT molecular complexity index is 124. The molecule has 60 valence electrons. The molecule has 0 aromatic carbocycles. The molecule has 0 amide bonds. The van der Waals surface area contributed by atoms with Crippen LogP contribution in [0.3, 0.4) is 0 Å². The smallest absolute Gasteiger partial charge is 0.0136 e. The van der Waals surface area contributed by atoms with Gasteiger partial charge in [-0.2, -0.15) is 0 Å². The molecule has 1 fully saturated rings. The Hall–Kier alpha value is -0.0800. The van der Waals surface area contributed by atoms with Crippen molar-refractivity contribution in [3.63, 3.8) is 0 Å². The highest BCUT2D eigenvalue weighted by atomic mass is 15.2. The maximum atomic E-state index is 5.26. The average molecular weight is 142 g/mol. The van der Waals surface area contributed by atoms with Crippen LogP contribution in [0.4, 0.5) is 0 Å². The molecule has 1 rings (SSSR count). The monoisotopic (exact) mass is 142 g/mol. The number of rotatable bonds is 2. The van der Waals surface area contributed by atoms with Crippen LogP contribution >= 0.6 is 0 Å². The van der Waals surface area contributed by atoms with Crippen LogP contribution in [0.5, 0.6) is 0 Å². The van der Waals surface area contributed by atoms with Crippen molar-refractivity contribution in [3.05, 3.63) is 0 Å². The van der Waals surface area contributed by atoms with Crippen LogP contribution in [-0.4, -0.2) is 6.54 Å². The lowest BCUT2D eigenvalue weighted by Crippen LogP contribution is -2.26. The van der Waals surface area contributed by atoms with E-state index in [-0.39, 0.29) is 0 Å². The molecule has 3 N–H and O–H groups in total. The minimum Gasteiger partial charge on any atom is -0.271 e. The van der Waals surface area contributed by atoms with Crippen LogP contribution in [0, 0.1) is 16.7 Å². The van der Waals surface area contributed by atoms with Gasteiger partial charge >= 0.3 is 0 Å². The van der Waals surface area contributed by atoms with Crippen LogP contribution in [0.2, 0.25) is 0 Å². The van der Waals surface area contributed by atoms with E-state index in [1.54, 1.807) is 0 Å². The van der Waals surface area contributed by atoms with Crippen LogP contribution in [0.1, 0.15) is 27.7 Å². The lowest BCUT2D eigenvalue weighted by atomic mass is 10.0. The molecule has 2 nitrogen and oxygen atoms in total. The van der Waals surface area contributed by atoms with Crippen LogP contribution in [0.25, 0.3) is 0 Å². The van der Waals surface area contributed by atoms with Crippen LogP contribution in [0.15, 0.2) is 0 Å². The average Bonchev–Trinajstić information content (AvgIpc) is 2.13. The van der Waals surface area contributed by atoms with E-state index in [9.17, 15) is 0 Å². The first-order valence-electron chi connectivity index (χ1n) is 3.88. The van der Waals surface area contributed by atoms with Gasteiger partial charge in [-0.25, -0.2) is 0 Å². The van der Waals surface area contributed by atoms with Gasteiger partial charge in [0.15, 0.2) is 0 Å². The van der Waals surface area contributed by atoms with E-state index in [1.807, 2.05) is 0 Å². The molecule has 0 spiro atoms. The largest absolute Gasteiger partial charge is 0.271 e. The standard InChI is InChI=1S/C8H18N2/c1-7(2)6(5-10-9)8(7,3)4/h6,10H,5,9H2,1-4H3. The van der Waals surface area contributed by atoms with Gasteiger partial charge in [0.2, 0.25) is 0 Å². The van der Waals surface area contributed by atoms with E-state index in [1.165, 1.54) is 0 Å². The third-order valence-corrected chi connectivity index (χ3v) is 3.64. The second-order valence-corrected chi connectivity index (χ2v) is 4.40. The molecule has 0 aromatic heterocycles. The van der Waals surface area contributed by atoms with Gasteiger partial charge in [-0.05, 0) is 16.7 Å². The van der Waals surface area contributed by atoms with Gasteiger partial charge in [0.1, 0.15) is 0 Å². The first-order chi connectivity index (χ1) is 4.44. The Balaban J connectivity index is 2.54. The van der Waals surface area contributed by atoms with Gasteiger partial charge in [0, 0.05) is 6.54 Å². The molecule has 0 saturated heterocycles. The third kappa shape index (κ3) is 0.789. The van der Waals surface area contributed by atoms with Gasteiger partial charge in [-0.15, -0.1) is 0 Å². The molecule has 0 bridgehead atoms. The lowest BCUT2D eigenvalue weighted by Gasteiger charge is -2.04. The van der Waals surface area contributed by atoms with Crippen molar-refractivity contribution in [2.24, 2.45) is 22.6 Å². The Morgan fingerprint density at radius 2 is 1.60 bits per heavy atom. The summed E-state index contributed by atoms with van der Waals surface area (Å²) in [5, 5.41) is 0. The van der Waals surface area contributed by atoms with E-state index in [0.29, 0.717) is 10.8 Å². The van der Waals surface area contributed by atoms with Crippen molar-refractivity contribution in [2.45, 2.75) is 27.7 Å². The molecule has 1 aliphatic rings. The van der Waals surface area contributed by atoms with Crippen LogP contribution in [-0.2, 0) is 0 Å². The fourth-order valence-corrected chi connectivity index (χ4v) is 1.96. The Kier molecular flexibility index (Phi) is 1.57. The molecular weight excluding hydrogens is 124 g/mol. The topological polar surface area (TPSA) is 38.0 Å². The summed E-state index contributed by atoms with van der Waals surface area (Å²) in [7, 11) is 0. The summed E-state index contributed by atoms with van der Waals surface area (Å²) in [5.74, 6) is 6.00. The highest BCUT2D eigenvalue weighted by Crippen LogP contribution is 2.67. The van der Waals surface area contributed by atoms with Crippen molar-refractivity contribution >= 4 is 0 Å². The number of hydrazine groups is 1. The highest BCUT2D eigenvalue weighted by molar-refractivity contribution is 5.12. The minimum atomic E-state index is 0.472. The fourth-order valence-electron chi connectivity index (χ4n) is 1.96. The van der Waals surface area contributed by atoms with Gasteiger partial charge in [-0.3, -0.25) is 11.3 Å². The maximum Gasteiger partial charge on any atom is 0.0136 e. The predicted octanol–water partition coefficient (Wildman–Crippen LogP) is 1.13. The lowest BCUT2D eigenvalue weighted by molar-refractivity contribution is 0.457. The van der Waals surface area contributed by atoms with Gasteiger partial charge in [0.25, 0.3) is 0 Å². The Morgan fingerprint density at radius 3 is 1.70 bits per heavy atom. The molecule has 0 aromatic rings. The number of hydrogen-bond donors (Lipinski definition) is 2. The molecule has 10 heavy (non-hydrogen) atoms. The van der Waals surface area contributed by atoms with Gasteiger partial charge < -0.3 is 0 Å². The summed E-state index contributed by atoms with van der Waals surface area (Å²) < 4.78 is 0. The Morgan fingerprint density at radius 1 is 1.20 bits per heavy atom. The molecule has 0 heterocycles. The zero-order valence-corrected chi connectivity index (χ0v) is 7.36. The van der Waals surface area contributed by atoms with Crippen molar-refractivity contribution in [1.29, 1.82) is 0 Å². The van der Waals surface area contributed by atoms with Gasteiger partial charge in [-0.1, -0.05) is 27.7 Å². The number of nitrogens with one attached hydrogen (secondary N) is 1. The summed E-state index contributed by atoms with van der Waals surface area (Å²) in [6.45, 7) is 10.1. The normalized spacial score (nSPS) is 28.5. The zero-order chi connectivity index (χ0) is 7.99. The number of nitrogens with two attached hydrogens (primary N) is 1. The van der Waals surface area contributed by atoms with Crippen molar-refractivity contribution in [1.82, 2.24) is 5.43 Å². The molecule has 0 radical (unpaired) electrons. The summed E-state index contributed by atoms with van der Waals surface area (Å²) >= 11 is 0. The predicted molar refractivity (Wildman–Crippen MR) is 43.2 cm³/mol. The molecular formula is C8H18N2. The second-order valence-electron chi connectivity index (χ2n) is 4.40. The summed E-state index contributed by atoms with van der Waals surface area (Å²) in [5.41, 5.74) is 3.68. The molecule has 1 saturated carbocycles. The Labute approximate surface area is 63.1 Å². The van der Waals surface area contributed by atoms with Crippen molar-refractivity contribution < 1.29 is 0 Å². The molecule has 0 aliphatic heterocycles. The second kappa shape index (κ2) is 1.95. The van der Waals surface area contributed by atoms with E-state index in [4.69, 9.17) is 5.84 Å². The maximum absolute atomic E-state index is 5.26. The molecule has 0 atom stereocenters. The minimum absolute atomic E-state index is 0.472. The van der Waals surface area contributed by atoms with Crippen molar-refractivity contribution in [2.75, 3.05) is 6.54 Å². The molecule has 0 unspecified atom stereocenters. The third-order valence-electron chi connectivity index (χ3n) is 3.64. The zero-order valence-electron chi connectivity index (χ0n) is 7.36. The first-order valence-corrected chi connectivity index (χ1v) is 3.88.